The molecule has 0 radical (unpaired) electrons. The van der Waals surface area contributed by atoms with Crippen molar-refractivity contribution in [2.45, 2.75) is 33.0 Å². The molecule has 2 N–H and O–H groups in total. The number of carbonyl (C=O) groups excluding carboxylic acids is 2. The van der Waals surface area contributed by atoms with Crippen LogP contribution in [0.15, 0.2) is 54.6 Å². The van der Waals surface area contributed by atoms with Crippen LogP contribution in [0.5, 0.6) is 0 Å². The summed E-state index contributed by atoms with van der Waals surface area (Å²) in [6.07, 6.45) is 0. The Morgan fingerprint density at radius 1 is 1.00 bits per heavy atom. The molecule has 0 saturated heterocycles. The lowest BCUT2D eigenvalue weighted by Gasteiger charge is -2.14. The summed E-state index contributed by atoms with van der Waals surface area (Å²) in [5.41, 5.74) is 2.63. The molecular weight excluding hydrogens is 316 g/mol. The van der Waals surface area contributed by atoms with Crippen LogP contribution in [-0.4, -0.2) is 24.5 Å². The molecular formula is C20H24N2O3. The van der Waals surface area contributed by atoms with Gasteiger partial charge in [0.1, 0.15) is 6.04 Å². The highest BCUT2D eigenvalue weighted by Crippen LogP contribution is 2.06. The number of hydrogen-bond donors (Lipinski definition) is 2. The van der Waals surface area contributed by atoms with Gasteiger partial charge in [-0.3, -0.25) is 9.59 Å². The smallest absolute Gasteiger partial charge is 0.251 e. The van der Waals surface area contributed by atoms with Crippen molar-refractivity contribution in [3.8, 4) is 0 Å². The summed E-state index contributed by atoms with van der Waals surface area (Å²) in [4.78, 5) is 24.2. The minimum Gasteiger partial charge on any atom is -0.377 e. The van der Waals surface area contributed by atoms with Crippen LogP contribution in [0, 0.1) is 0 Å². The maximum atomic E-state index is 12.1. The van der Waals surface area contributed by atoms with E-state index in [1.165, 1.54) is 0 Å². The Bertz CT molecular complexity index is 684. The van der Waals surface area contributed by atoms with Gasteiger partial charge in [-0.25, -0.2) is 0 Å². The van der Waals surface area contributed by atoms with Crippen LogP contribution in [0.2, 0.25) is 0 Å². The second kappa shape index (κ2) is 9.59. The van der Waals surface area contributed by atoms with Crippen LogP contribution >= 0.6 is 0 Å². The van der Waals surface area contributed by atoms with Gasteiger partial charge in [0.2, 0.25) is 5.91 Å². The van der Waals surface area contributed by atoms with E-state index in [2.05, 4.69) is 10.6 Å². The second-order valence-corrected chi connectivity index (χ2v) is 5.73. The number of ether oxygens (including phenoxy) is 1. The van der Waals surface area contributed by atoms with E-state index >= 15 is 0 Å². The zero-order valence-corrected chi connectivity index (χ0v) is 14.6. The first-order valence-corrected chi connectivity index (χ1v) is 8.39. The van der Waals surface area contributed by atoms with Crippen LogP contribution in [0.4, 0.5) is 0 Å². The number of carbonyl (C=O) groups is 2. The molecule has 132 valence electrons. The minimum absolute atomic E-state index is 0.220. The molecule has 2 aromatic rings. The van der Waals surface area contributed by atoms with Crippen LogP contribution in [0.1, 0.15) is 35.3 Å². The number of nitrogens with one attached hydrogen (secondary N) is 2. The highest BCUT2D eigenvalue weighted by Gasteiger charge is 2.16. The maximum absolute atomic E-state index is 12.1. The molecule has 0 aromatic heterocycles. The molecule has 1 unspecified atom stereocenters. The van der Waals surface area contributed by atoms with Crippen LogP contribution in [-0.2, 0) is 22.7 Å². The predicted octanol–water partition coefficient (Wildman–Crippen LogP) is 2.66. The number of hydrogen-bond acceptors (Lipinski definition) is 3. The number of rotatable bonds is 8. The molecule has 1 atom stereocenters. The molecule has 0 saturated carbocycles. The molecule has 0 bridgehead atoms. The van der Waals surface area contributed by atoms with Crippen molar-refractivity contribution in [1.29, 1.82) is 0 Å². The van der Waals surface area contributed by atoms with Gasteiger partial charge in [-0.1, -0.05) is 42.5 Å². The average Bonchev–Trinajstić information content (AvgIpc) is 2.65. The molecule has 0 aliphatic carbocycles. The van der Waals surface area contributed by atoms with Gasteiger partial charge in [-0.2, -0.15) is 0 Å². The van der Waals surface area contributed by atoms with E-state index in [-0.39, 0.29) is 11.8 Å². The molecule has 0 spiro atoms. The molecule has 0 aliphatic heterocycles. The van der Waals surface area contributed by atoms with Gasteiger partial charge in [-0.15, -0.1) is 0 Å². The quantitative estimate of drug-likeness (QED) is 0.776. The van der Waals surface area contributed by atoms with E-state index in [0.29, 0.717) is 25.3 Å². The summed E-state index contributed by atoms with van der Waals surface area (Å²) in [5.74, 6) is -0.480. The molecule has 5 nitrogen and oxygen atoms in total. The Morgan fingerprint density at radius 2 is 1.64 bits per heavy atom. The predicted molar refractivity (Wildman–Crippen MR) is 97.0 cm³/mol. The van der Waals surface area contributed by atoms with E-state index in [9.17, 15) is 9.59 Å². The summed E-state index contributed by atoms with van der Waals surface area (Å²) in [6.45, 7) is 5.32. The van der Waals surface area contributed by atoms with Crippen molar-refractivity contribution < 1.29 is 14.3 Å². The molecule has 2 amide bonds. The van der Waals surface area contributed by atoms with Gasteiger partial charge in [0, 0.05) is 18.7 Å². The van der Waals surface area contributed by atoms with Crippen molar-refractivity contribution in [1.82, 2.24) is 10.6 Å². The van der Waals surface area contributed by atoms with E-state index in [1.54, 1.807) is 31.2 Å². The molecule has 0 heterocycles. The van der Waals surface area contributed by atoms with Crippen LogP contribution < -0.4 is 10.6 Å². The van der Waals surface area contributed by atoms with Gasteiger partial charge < -0.3 is 15.4 Å². The highest BCUT2D eigenvalue weighted by molar-refractivity contribution is 5.97. The Hall–Kier alpha value is -2.66. The van der Waals surface area contributed by atoms with E-state index in [4.69, 9.17) is 4.74 Å². The van der Waals surface area contributed by atoms with Crippen LogP contribution in [0.3, 0.4) is 0 Å². The van der Waals surface area contributed by atoms with Crippen molar-refractivity contribution in [3.63, 3.8) is 0 Å². The Balaban J connectivity index is 1.80. The van der Waals surface area contributed by atoms with Crippen molar-refractivity contribution >= 4 is 11.8 Å². The fraction of sp³-hybridized carbons (Fsp3) is 0.300. The third-order valence-corrected chi connectivity index (χ3v) is 3.74. The Labute approximate surface area is 148 Å². The van der Waals surface area contributed by atoms with Crippen molar-refractivity contribution in [2.75, 3.05) is 6.61 Å². The van der Waals surface area contributed by atoms with E-state index in [1.807, 2.05) is 37.3 Å². The number of benzene rings is 2. The fourth-order valence-electron chi connectivity index (χ4n) is 2.25. The highest BCUT2D eigenvalue weighted by atomic mass is 16.5. The lowest BCUT2D eigenvalue weighted by molar-refractivity contribution is -0.122. The summed E-state index contributed by atoms with van der Waals surface area (Å²) >= 11 is 0. The van der Waals surface area contributed by atoms with Crippen molar-refractivity contribution in [2.24, 2.45) is 0 Å². The molecule has 25 heavy (non-hydrogen) atoms. The van der Waals surface area contributed by atoms with Crippen molar-refractivity contribution in [3.05, 3.63) is 71.3 Å². The minimum atomic E-state index is -0.607. The van der Waals surface area contributed by atoms with Gasteiger partial charge in [0.25, 0.3) is 5.91 Å². The molecule has 2 rings (SSSR count). The third kappa shape index (κ3) is 6.04. The van der Waals surface area contributed by atoms with Gasteiger partial charge in [0.05, 0.1) is 6.61 Å². The van der Waals surface area contributed by atoms with Gasteiger partial charge >= 0.3 is 0 Å². The van der Waals surface area contributed by atoms with Gasteiger partial charge in [-0.05, 0) is 37.1 Å². The first kappa shape index (κ1) is 18.7. The Kier molecular flexibility index (Phi) is 7.16. The maximum Gasteiger partial charge on any atom is 0.251 e. The standard InChI is InChI=1S/C20H24N2O3/c1-3-25-14-17-11-9-16(10-12-17)13-21-19(23)15(2)22-20(24)18-7-5-4-6-8-18/h4-12,15H,3,13-14H2,1-2H3,(H,21,23)(H,22,24). The lowest BCUT2D eigenvalue weighted by Crippen LogP contribution is -2.44. The van der Waals surface area contributed by atoms with E-state index in [0.717, 1.165) is 11.1 Å². The molecule has 0 aliphatic rings. The monoisotopic (exact) mass is 340 g/mol. The lowest BCUT2D eigenvalue weighted by atomic mass is 10.1. The average molecular weight is 340 g/mol. The topological polar surface area (TPSA) is 67.4 Å². The summed E-state index contributed by atoms with van der Waals surface area (Å²) in [7, 11) is 0. The molecule has 2 aromatic carbocycles. The normalized spacial score (nSPS) is 11.6. The first-order chi connectivity index (χ1) is 12.1. The largest absolute Gasteiger partial charge is 0.377 e. The summed E-state index contributed by atoms with van der Waals surface area (Å²) in [6, 6.07) is 16.1. The molecule has 0 fully saturated rings. The summed E-state index contributed by atoms with van der Waals surface area (Å²) < 4.78 is 5.35. The summed E-state index contributed by atoms with van der Waals surface area (Å²) in [5, 5.41) is 5.53. The van der Waals surface area contributed by atoms with E-state index < -0.39 is 6.04 Å². The third-order valence-electron chi connectivity index (χ3n) is 3.74. The Morgan fingerprint density at radius 3 is 2.28 bits per heavy atom. The zero-order chi connectivity index (χ0) is 18.1. The second-order valence-electron chi connectivity index (χ2n) is 5.73. The number of amides is 2. The SMILES string of the molecule is CCOCc1ccc(CNC(=O)C(C)NC(=O)c2ccccc2)cc1. The molecule has 5 heteroatoms. The van der Waals surface area contributed by atoms with Gasteiger partial charge in [0.15, 0.2) is 0 Å². The fourth-order valence-corrected chi connectivity index (χ4v) is 2.25. The van der Waals surface area contributed by atoms with Crippen LogP contribution in [0.25, 0.3) is 0 Å². The zero-order valence-electron chi connectivity index (χ0n) is 14.6. The first-order valence-electron chi connectivity index (χ1n) is 8.39.